The molecule has 0 aliphatic carbocycles. The molecule has 0 unspecified atom stereocenters. The fourth-order valence-corrected chi connectivity index (χ4v) is 4.98. The van der Waals surface area contributed by atoms with Crippen molar-refractivity contribution in [1.82, 2.24) is 14.9 Å². The monoisotopic (exact) mass is 592 g/mol. The predicted octanol–water partition coefficient (Wildman–Crippen LogP) is 6.12. The van der Waals surface area contributed by atoms with E-state index in [4.69, 9.17) is 9.84 Å². The molecular formula is C31H36F3LiN4O4. The van der Waals surface area contributed by atoms with Crippen LogP contribution in [0.2, 0.25) is 0 Å². The number of aromatic nitrogens is 2. The number of nitrogens with zero attached hydrogens (tertiary/aromatic N) is 3. The molecule has 1 aromatic heterocycles. The van der Waals surface area contributed by atoms with Crippen LogP contribution in [0.1, 0.15) is 67.5 Å². The number of likely N-dealkylation sites (tertiary alicyclic amines) is 1. The number of amides is 1. The molecule has 3 aromatic rings. The van der Waals surface area contributed by atoms with Gasteiger partial charge in [0.15, 0.2) is 0 Å². The maximum absolute atomic E-state index is 13.7. The number of hydrogen-bond donors (Lipinski definition) is 2. The van der Waals surface area contributed by atoms with Crippen molar-refractivity contribution in [3.8, 4) is 0 Å². The molecule has 0 bridgehead atoms. The molecule has 2 heterocycles. The van der Waals surface area contributed by atoms with Crippen LogP contribution in [0.15, 0.2) is 54.7 Å². The molecule has 1 aliphatic rings. The molecule has 0 spiro atoms. The van der Waals surface area contributed by atoms with Crippen molar-refractivity contribution < 1.29 is 32.6 Å². The molecule has 2 aromatic carbocycles. The third-order valence-electron chi connectivity index (χ3n) is 7.05. The van der Waals surface area contributed by atoms with E-state index in [1.54, 1.807) is 29.2 Å². The molecule has 43 heavy (non-hydrogen) atoms. The number of hydrogen-bond acceptors (Lipinski definition) is 6. The average Bonchev–Trinajstić information content (AvgIpc) is 2.91. The number of alkyl halides is 3. The van der Waals surface area contributed by atoms with Gasteiger partial charge in [-0.25, -0.2) is 14.8 Å². The first-order valence-electron chi connectivity index (χ1n) is 13.8. The third-order valence-corrected chi connectivity index (χ3v) is 7.05. The van der Waals surface area contributed by atoms with Gasteiger partial charge in [-0.1, -0.05) is 36.4 Å². The van der Waals surface area contributed by atoms with Gasteiger partial charge < -0.3 is 20.1 Å². The van der Waals surface area contributed by atoms with Gasteiger partial charge in [0.25, 0.3) is 0 Å². The number of ether oxygens (including phenoxy) is 1. The standard InChI is InChI=1S/C31H35F3N4O4.Li.H/c1-30(2,3)42-29(41)38-16-14-22(15-17-38)21-8-11-24(12-9-21)36-28-35-19-25(31(32,33)34)26(37-28)13-10-20-6-4-5-7-23(20)18-27(39)40;;/h4-9,11-12,19,22H,10,13-18H2,1-3H3,(H,39,40)(H,35,36,37);;. The number of carbonyl (C=O) groups is 2. The number of carboxylic acids is 1. The van der Waals surface area contributed by atoms with Crippen molar-refractivity contribution in [2.24, 2.45) is 0 Å². The zero-order valence-electron chi connectivity index (χ0n) is 23.9. The van der Waals surface area contributed by atoms with E-state index in [1.807, 2.05) is 45.0 Å². The Morgan fingerprint density at radius 1 is 1.00 bits per heavy atom. The SMILES string of the molecule is CC(C)(C)OC(=O)N1CCC(c2ccc(Nc3ncc(C(F)(F)F)c(CCc4ccccc4CC(=O)O)n3)cc2)CC1.[LiH]. The second kappa shape index (κ2) is 14.3. The van der Waals surface area contributed by atoms with Crippen LogP contribution in [-0.2, 0) is 35.0 Å². The Morgan fingerprint density at radius 2 is 1.63 bits per heavy atom. The van der Waals surface area contributed by atoms with Gasteiger partial charge in [-0.05, 0) is 81.2 Å². The van der Waals surface area contributed by atoms with Gasteiger partial charge in [0.1, 0.15) is 5.60 Å². The molecule has 12 heteroatoms. The van der Waals surface area contributed by atoms with E-state index in [0.717, 1.165) is 24.6 Å². The van der Waals surface area contributed by atoms with Crippen LogP contribution >= 0.6 is 0 Å². The van der Waals surface area contributed by atoms with Crippen molar-refractivity contribution in [3.05, 3.63) is 82.7 Å². The third kappa shape index (κ3) is 9.73. The topological polar surface area (TPSA) is 105 Å². The van der Waals surface area contributed by atoms with Crippen molar-refractivity contribution >= 4 is 42.6 Å². The summed E-state index contributed by atoms with van der Waals surface area (Å²) in [6.07, 6.45) is -2.61. The minimum atomic E-state index is -4.63. The molecule has 0 saturated carbocycles. The van der Waals surface area contributed by atoms with E-state index in [1.165, 1.54) is 0 Å². The first kappa shape index (κ1) is 33.9. The van der Waals surface area contributed by atoms with Crippen LogP contribution in [0.5, 0.6) is 0 Å². The molecule has 0 radical (unpaired) electrons. The molecule has 4 rings (SSSR count). The number of aryl methyl sites for hydroxylation is 2. The van der Waals surface area contributed by atoms with Gasteiger partial charge in [-0.15, -0.1) is 0 Å². The van der Waals surface area contributed by atoms with Crippen LogP contribution in [-0.4, -0.2) is 69.6 Å². The van der Waals surface area contributed by atoms with E-state index in [0.29, 0.717) is 29.9 Å². The molecule has 226 valence electrons. The fraction of sp³-hybridized carbons (Fsp3) is 0.419. The van der Waals surface area contributed by atoms with Gasteiger partial charge in [0.2, 0.25) is 5.95 Å². The van der Waals surface area contributed by atoms with Gasteiger partial charge >= 0.3 is 37.1 Å². The molecular weight excluding hydrogens is 556 g/mol. The Kier molecular flexibility index (Phi) is 11.3. The predicted molar refractivity (Wildman–Crippen MR) is 159 cm³/mol. The first-order valence-corrected chi connectivity index (χ1v) is 13.8. The Hall–Kier alpha value is -3.55. The van der Waals surface area contributed by atoms with Crippen molar-refractivity contribution in [1.29, 1.82) is 0 Å². The molecule has 1 aliphatic heterocycles. The summed E-state index contributed by atoms with van der Waals surface area (Å²) in [5, 5.41) is 12.2. The van der Waals surface area contributed by atoms with Crippen LogP contribution in [0, 0.1) is 0 Å². The number of aliphatic carboxylic acids is 1. The van der Waals surface area contributed by atoms with E-state index in [2.05, 4.69) is 15.3 Å². The fourth-order valence-electron chi connectivity index (χ4n) is 4.98. The van der Waals surface area contributed by atoms with Crippen LogP contribution in [0.25, 0.3) is 0 Å². The number of halogens is 3. The molecule has 1 amide bonds. The minimum absolute atomic E-state index is 0. The van der Waals surface area contributed by atoms with Gasteiger partial charge in [-0.3, -0.25) is 4.79 Å². The second-order valence-corrected chi connectivity index (χ2v) is 11.4. The van der Waals surface area contributed by atoms with Crippen molar-refractivity contribution in [2.45, 2.75) is 70.6 Å². The molecule has 1 fully saturated rings. The number of carboxylic acid groups (broad SMARTS) is 1. The second-order valence-electron chi connectivity index (χ2n) is 11.4. The van der Waals surface area contributed by atoms with Gasteiger partial charge in [0.05, 0.1) is 17.7 Å². The van der Waals surface area contributed by atoms with Crippen molar-refractivity contribution in [3.63, 3.8) is 0 Å². The number of nitrogens with one attached hydrogen (secondary N) is 1. The summed E-state index contributed by atoms with van der Waals surface area (Å²) in [6.45, 7) is 6.72. The zero-order valence-corrected chi connectivity index (χ0v) is 23.9. The number of benzene rings is 2. The van der Waals surface area contributed by atoms with E-state index < -0.39 is 23.3 Å². The summed E-state index contributed by atoms with van der Waals surface area (Å²) >= 11 is 0. The van der Waals surface area contributed by atoms with Gasteiger partial charge in [-0.2, -0.15) is 13.2 Å². The van der Waals surface area contributed by atoms with E-state index >= 15 is 0 Å². The van der Waals surface area contributed by atoms with Crippen molar-refractivity contribution in [2.75, 3.05) is 18.4 Å². The molecule has 0 atom stereocenters. The number of rotatable bonds is 8. The molecule has 2 N–H and O–H groups in total. The maximum atomic E-state index is 13.7. The Bertz CT molecular complexity index is 1400. The Balaban J connectivity index is 0.00000506. The summed E-state index contributed by atoms with van der Waals surface area (Å²) in [4.78, 5) is 33.4. The number of carbonyl (C=O) groups excluding carboxylic acids is 1. The zero-order chi connectivity index (χ0) is 30.5. The summed E-state index contributed by atoms with van der Waals surface area (Å²) in [6, 6.07) is 14.4. The summed E-state index contributed by atoms with van der Waals surface area (Å²) in [5.74, 6) is -0.699. The van der Waals surface area contributed by atoms with Crippen LogP contribution in [0.3, 0.4) is 0 Å². The van der Waals surface area contributed by atoms with Gasteiger partial charge in [0, 0.05) is 25.0 Å². The quantitative estimate of drug-likeness (QED) is 0.304. The Morgan fingerprint density at radius 3 is 2.21 bits per heavy atom. The summed E-state index contributed by atoms with van der Waals surface area (Å²) in [7, 11) is 0. The summed E-state index contributed by atoms with van der Waals surface area (Å²) < 4.78 is 46.7. The first-order chi connectivity index (χ1) is 19.8. The average molecular weight is 593 g/mol. The van der Waals surface area contributed by atoms with Crippen LogP contribution in [0.4, 0.5) is 29.6 Å². The Labute approximate surface area is 261 Å². The molecule has 8 nitrogen and oxygen atoms in total. The van der Waals surface area contributed by atoms with E-state index in [-0.39, 0.29) is 61.8 Å². The van der Waals surface area contributed by atoms with E-state index in [9.17, 15) is 22.8 Å². The summed E-state index contributed by atoms with van der Waals surface area (Å²) in [5.41, 5.74) is 1.33. The molecule has 1 saturated heterocycles. The normalized spacial score (nSPS) is 14.1. The number of anilines is 2. The number of piperidine rings is 1. The van der Waals surface area contributed by atoms with Crippen LogP contribution < -0.4 is 5.32 Å².